The number of anilines is 2. The number of hydrogen-bond acceptors (Lipinski definition) is 3. The largest absolute Gasteiger partial charge is 0.444 e. The smallest absolute Gasteiger partial charge is 0.412 e. The van der Waals surface area contributed by atoms with Crippen LogP contribution in [0.5, 0.6) is 0 Å². The van der Waals surface area contributed by atoms with Gasteiger partial charge in [-0.15, -0.1) is 0 Å². The lowest BCUT2D eigenvalue weighted by atomic mass is 10.2. The van der Waals surface area contributed by atoms with Gasteiger partial charge in [-0.25, -0.2) is 9.18 Å². The third kappa shape index (κ3) is 5.76. The number of ether oxygens (including phenoxy) is 1. The topological polar surface area (TPSA) is 67.4 Å². The van der Waals surface area contributed by atoms with Crippen LogP contribution in [0.4, 0.5) is 20.6 Å². The molecule has 0 saturated heterocycles. The van der Waals surface area contributed by atoms with Gasteiger partial charge >= 0.3 is 6.09 Å². The molecular weight excluding hydrogens is 347 g/mol. The van der Waals surface area contributed by atoms with Gasteiger partial charge in [0.2, 0.25) is 0 Å². The Morgan fingerprint density at radius 2 is 1.64 bits per heavy atom. The van der Waals surface area contributed by atoms with E-state index in [1.807, 2.05) is 0 Å². The number of halogens is 2. The van der Waals surface area contributed by atoms with Gasteiger partial charge in [-0.1, -0.05) is 11.6 Å². The normalized spacial score (nSPS) is 10.9. The van der Waals surface area contributed by atoms with Crippen molar-refractivity contribution in [1.29, 1.82) is 0 Å². The molecule has 0 aliphatic carbocycles. The Hall–Kier alpha value is -2.60. The number of benzene rings is 2. The summed E-state index contributed by atoms with van der Waals surface area (Å²) in [5, 5.41) is 5.55. The molecule has 0 aliphatic rings. The molecule has 2 aromatic rings. The monoisotopic (exact) mass is 364 g/mol. The van der Waals surface area contributed by atoms with Gasteiger partial charge < -0.3 is 10.1 Å². The molecular formula is C18H18ClFN2O3. The number of hydrogen-bond donors (Lipinski definition) is 2. The van der Waals surface area contributed by atoms with Crippen LogP contribution < -0.4 is 10.6 Å². The highest BCUT2D eigenvalue weighted by atomic mass is 35.5. The van der Waals surface area contributed by atoms with Crippen molar-refractivity contribution in [3.05, 3.63) is 58.9 Å². The predicted octanol–water partition coefficient (Wildman–Crippen LogP) is 5.08. The van der Waals surface area contributed by atoms with E-state index in [1.54, 1.807) is 32.9 Å². The van der Waals surface area contributed by atoms with Crippen LogP contribution in [0, 0.1) is 5.82 Å². The first-order valence-corrected chi connectivity index (χ1v) is 7.88. The zero-order valence-corrected chi connectivity index (χ0v) is 14.8. The van der Waals surface area contributed by atoms with Crippen LogP contribution in [0.3, 0.4) is 0 Å². The Bertz CT molecular complexity index is 786. The summed E-state index contributed by atoms with van der Waals surface area (Å²) in [6.45, 7) is 5.17. The quantitative estimate of drug-likeness (QED) is 0.798. The molecule has 0 fully saturated rings. The predicted molar refractivity (Wildman–Crippen MR) is 95.7 cm³/mol. The second-order valence-corrected chi connectivity index (χ2v) is 6.71. The van der Waals surface area contributed by atoms with Crippen molar-refractivity contribution in [3.8, 4) is 0 Å². The average Bonchev–Trinajstić information content (AvgIpc) is 2.48. The van der Waals surface area contributed by atoms with Gasteiger partial charge in [0, 0.05) is 10.6 Å². The molecule has 2 N–H and O–H groups in total. The SMILES string of the molecule is CC(C)(C)OC(=O)Nc1ccc(F)cc1NC(=O)c1ccc(Cl)cc1. The zero-order chi connectivity index (χ0) is 18.6. The summed E-state index contributed by atoms with van der Waals surface area (Å²) in [5.41, 5.74) is -0.00254. The van der Waals surface area contributed by atoms with Crippen molar-refractivity contribution in [1.82, 2.24) is 0 Å². The highest BCUT2D eigenvalue weighted by Gasteiger charge is 2.18. The standard InChI is InChI=1S/C18H18ClFN2O3/c1-18(2,3)25-17(24)22-14-9-8-13(20)10-15(14)21-16(23)11-4-6-12(19)7-5-11/h4-10H,1-3H3,(H,21,23)(H,22,24). The fourth-order valence-electron chi connectivity index (χ4n) is 1.94. The second kappa shape index (κ2) is 7.53. The number of nitrogens with one attached hydrogen (secondary N) is 2. The third-order valence-corrected chi connectivity index (χ3v) is 3.22. The van der Waals surface area contributed by atoms with Gasteiger partial charge in [0.1, 0.15) is 11.4 Å². The molecule has 25 heavy (non-hydrogen) atoms. The number of carbonyl (C=O) groups is 2. The van der Waals surface area contributed by atoms with Crippen LogP contribution in [0.2, 0.25) is 5.02 Å². The number of carbonyl (C=O) groups excluding carboxylic acids is 2. The minimum absolute atomic E-state index is 0.116. The van der Waals surface area contributed by atoms with Crippen LogP contribution in [-0.4, -0.2) is 17.6 Å². The van der Waals surface area contributed by atoms with Gasteiger partial charge in [-0.3, -0.25) is 10.1 Å². The summed E-state index contributed by atoms with van der Waals surface area (Å²) in [4.78, 5) is 24.2. The molecule has 0 aliphatic heterocycles. The Balaban J connectivity index is 2.19. The van der Waals surface area contributed by atoms with Crippen LogP contribution in [0.15, 0.2) is 42.5 Å². The van der Waals surface area contributed by atoms with E-state index in [1.165, 1.54) is 24.3 Å². The van der Waals surface area contributed by atoms with E-state index in [4.69, 9.17) is 16.3 Å². The molecule has 0 unspecified atom stereocenters. The van der Waals surface area contributed by atoms with Crippen molar-refractivity contribution < 1.29 is 18.7 Å². The molecule has 2 rings (SSSR count). The Morgan fingerprint density at radius 3 is 2.24 bits per heavy atom. The second-order valence-electron chi connectivity index (χ2n) is 6.28. The Morgan fingerprint density at radius 1 is 1.00 bits per heavy atom. The fourth-order valence-corrected chi connectivity index (χ4v) is 2.06. The first kappa shape index (κ1) is 18.7. The molecule has 132 valence electrons. The van der Waals surface area contributed by atoms with Crippen LogP contribution in [0.25, 0.3) is 0 Å². The maximum Gasteiger partial charge on any atom is 0.412 e. The molecule has 2 amide bonds. The van der Waals surface area contributed by atoms with E-state index in [-0.39, 0.29) is 11.4 Å². The maximum absolute atomic E-state index is 13.5. The molecule has 0 heterocycles. The van der Waals surface area contributed by atoms with Gasteiger partial charge in [-0.05, 0) is 63.2 Å². The highest BCUT2D eigenvalue weighted by Crippen LogP contribution is 2.24. The minimum atomic E-state index is -0.707. The third-order valence-electron chi connectivity index (χ3n) is 2.97. The molecule has 7 heteroatoms. The molecule has 0 radical (unpaired) electrons. The Kier molecular flexibility index (Phi) is 5.64. The average molecular weight is 365 g/mol. The lowest BCUT2D eigenvalue weighted by Crippen LogP contribution is -2.27. The van der Waals surface area contributed by atoms with Crippen molar-refractivity contribution >= 4 is 35.0 Å². The molecule has 0 aromatic heterocycles. The van der Waals surface area contributed by atoms with E-state index in [2.05, 4.69) is 10.6 Å². The van der Waals surface area contributed by atoms with E-state index >= 15 is 0 Å². The van der Waals surface area contributed by atoms with Crippen molar-refractivity contribution in [2.45, 2.75) is 26.4 Å². The minimum Gasteiger partial charge on any atom is -0.444 e. The van der Waals surface area contributed by atoms with E-state index < -0.39 is 23.4 Å². The summed E-state index contributed by atoms with van der Waals surface area (Å²) < 4.78 is 18.7. The number of rotatable bonds is 3. The van der Waals surface area contributed by atoms with E-state index in [0.29, 0.717) is 10.6 Å². The maximum atomic E-state index is 13.5. The van der Waals surface area contributed by atoms with Gasteiger partial charge in [0.25, 0.3) is 5.91 Å². The molecule has 5 nitrogen and oxygen atoms in total. The van der Waals surface area contributed by atoms with Gasteiger partial charge in [0.05, 0.1) is 11.4 Å². The van der Waals surface area contributed by atoms with Crippen LogP contribution in [-0.2, 0) is 4.74 Å². The molecule has 0 spiro atoms. The molecule has 2 aromatic carbocycles. The Labute approximate surface area is 150 Å². The van der Waals surface area contributed by atoms with Gasteiger partial charge in [-0.2, -0.15) is 0 Å². The van der Waals surface area contributed by atoms with Crippen molar-refractivity contribution in [3.63, 3.8) is 0 Å². The zero-order valence-electron chi connectivity index (χ0n) is 14.0. The molecule has 0 saturated carbocycles. The summed E-state index contributed by atoms with van der Waals surface area (Å²) in [6.07, 6.45) is -0.707. The lowest BCUT2D eigenvalue weighted by Gasteiger charge is -2.20. The van der Waals surface area contributed by atoms with Gasteiger partial charge in [0.15, 0.2) is 0 Å². The highest BCUT2D eigenvalue weighted by molar-refractivity contribution is 6.30. The molecule has 0 atom stereocenters. The van der Waals surface area contributed by atoms with Crippen LogP contribution in [0.1, 0.15) is 31.1 Å². The molecule has 0 bridgehead atoms. The van der Waals surface area contributed by atoms with Crippen molar-refractivity contribution in [2.24, 2.45) is 0 Å². The van der Waals surface area contributed by atoms with Crippen LogP contribution >= 0.6 is 11.6 Å². The summed E-state index contributed by atoms with van der Waals surface area (Å²) in [6, 6.07) is 9.85. The van der Waals surface area contributed by atoms with Crippen molar-refractivity contribution in [2.75, 3.05) is 10.6 Å². The number of amides is 2. The summed E-state index contributed by atoms with van der Waals surface area (Å²) in [5.74, 6) is -1.02. The van der Waals surface area contributed by atoms with E-state index in [0.717, 1.165) is 6.07 Å². The summed E-state index contributed by atoms with van der Waals surface area (Å²) >= 11 is 5.79. The lowest BCUT2D eigenvalue weighted by molar-refractivity contribution is 0.0635. The van der Waals surface area contributed by atoms with E-state index in [9.17, 15) is 14.0 Å². The summed E-state index contributed by atoms with van der Waals surface area (Å²) in [7, 11) is 0. The fraction of sp³-hybridized carbons (Fsp3) is 0.222. The first-order chi connectivity index (χ1) is 11.6. The first-order valence-electron chi connectivity index (χ1n) is 7.50.